The number of amides is 1. The lowest BCUT2D eigenvalue weighted by atomic mass is 10.1. The Morgan fingerprint density at radius 2 is 1.59 bits per heavy atom. The van der Waals surface area contributed by atoms with Crippen LogP contribution in [0.4, 0.5) is 37.7 Å². The van der Waals surface area contributed by atoms with Gasteiger partial charge in [-0.25, -0.2) is 0 Å². The zero-order chi connectivity index (χ0) is 21.7. The molecule has 0 unspecified atom stereocenters. The molecular formula is C18H16F6N2O3. The van der Waals surface area contributed by atoms with Gasteiger partial charge in [-0.15, -0.1) is 0 Å². The average molecular weight is 422 g/mol. The lowest BCUT2D eigenvalue weighted by molar-refractivity contribution is -0.138. The monoisotopic (exact) mass is 422 g/mol. The minimum atomic E-state index is -4.78. The minimum Gasteiger partial charge on any atom is -0.491 e. The number of benzene rings is 2. The van der Waals surface area contributed by atoms with E-state index in [0.717, 1.165) is 24.3 Å². The van der Waals surface area contributed by atoms with E-state index in [1.54, 1.807) is 0 Å². The smallest absolute Gasteiger partial charge is 0.418 e. The molecular weight excluding hydrogens is 406 g/mol. The molecule has 5 nitrogen and oxygen atoms in total. The highest BCUT2D eigenvalue weighted by Crippen LogP contribution is 2.37. The zero-order valence-corrected chi connectivity index (χ0v) is 14.7. The van der Waals surface area contributed by atoms with Crippen molar-refractivity contribution in [3.63, 3.8) is 0 Å². The van der Waals surface area contributed by atoms with Crippen LogP contribution in [-0.4, -0.2) is 30.8 Å². The van der Waals surface area contributed by atoms with E-state index in [2.05, 4.69) is 5.32 Å². The van der Waals surface area contributed by atoms with Gasteiger partial charge in [0.25, 0.3) is 0 Å². The van der Waals surface area contributed by atoms with Crippen LogP contribution in [0.1, 0.15) is 11.1 Å². The number of anilines is 2. The first kappa shape index (κ1) is 22.3. The third kappa shape index (κ3) is 6.28. The number of para-hydroxylation sites is 1. The van der Waals surface area contributed by atoms with E-state index in [9.17, 15) is 31.1 Å². The van der Waals surface area contributed by atoms with Crippen LogP contribution < -0.4 is 15.4 Å². The Balaban J connectivity index is 2.12. The van der Waals surface area contributed by atoms with Crippen LogP contribution in [0.3, 0.4) is 0 Å². The van der Waals surface area contributed by atoms with Crippen LogP contribution in [0.2, 0.25) is 0 Å². The van der Waals surface area contributed by atoms with Gasteiger partial charge in [0.2, 0.25) is 5.91 Å². The SMILES string of the molecule is O=C(CNc1ccc(OCCO)cc1C(F)(F)F)Nc1ccccc1C(F)(F)F. The number of rotatable bonds is 7. The van der Waals surface area contributed by atoms with E-state index in [4.69, 9.17) is 9.84 Å². The fourth-order valence-corrected chi connectivity index (χ4v) is 2.37. The molecule has 0 fully saturated rings. The summed E-state index contributed by atoms with van der Waals surface area (Å²) in [7, 11) is 0. The van der Waals surface area contributed by atoms with Crippen molar-refractivity contribution in [3.8, 4) is 5.75 Å². The van der Waals surface area contributed by atoms with Gasteiger partial charge in [-0.05, 0) is 30.3 Å². The summed E-state index contributed by atoms with van der Waals surface area (Å²) < 4.78 is 83.5. The molecule has 0 aromatic heterocycles. The summed E-state index contributed by atoms with van der Waals surface area (Å²) in [5.41, 5.74) is -3.16. The summed E-state index contributed by atoms with van der Waals surface area (Å²) >= 11 is 0. The van der Waals surface area contributed by atoms with Gasteiger partial charge < -0.3 is 20.5 Å². The predicted octanol–water partition coefficient (Wildman–Crippen LogP) is 4.15. The summed E-state index contributed by atoms with van der Waals surface area (Å²) in [4.78, 5) is 12.0. The second kappa shape index (κ2) is 9.03. The highest BCUT2D eigenvalue weighted by molar-refractivity contribution is 5.94. The van der Waals surface area contributed by atoms with Gasteiger partial charge in [0.05, 0.1) is 30.0 Å². The van der Waals surface area contributed by atoms with E-state index >= 15 is 0 Å². The Kier molecular flexibility index (Phi) is 6.96. The van der Waals surface area contributed by atoms with Crippen molar-refractivity contribution in [3.05, 3.63) is 53.6 Å². The van der Waals surface area contributed by atoms with E-state index in [-0.39, 0.29) is 19.0 Å². The minimum absolute atomic E-state index is 0.138. The van der Waals surface area contributed by atoms with Crippen molar-refractivity contribution >= 4 is 17.3 Å². The number of carbonyl (C=O) groups excluding carboxylic acids is 1. The van der Waals surface area contributed by atoms with Crippen LogP contribution in [0.5, 0.6) is 5.75 Å². The number of ether oxygens (including phenoxy) is 1. The molecule has 2 aromatic carbocycles. The van der Waals surface area contributed by atoms with Crippen LogP contribution in [-0.2, 0) is 17.1 Å². The topological polar surface area (TPSA) is 70.6 Å². The van der Waals surface area contributed by atoms with E-state index < -0.39 is 47.3 Å². The van der Waals surface area contributed by atoms with Gasteiger partial charge in [-0.3, -0.25) is 4.79 Å². The molecule has 0 radical (unpaired) electrons. The fraction of sp³-hybridized carbons (Fsp3) is 0.278. The van der Waals surface area contributed by atoms with Gasteiger partial charge >= 0.3 is 12.4 Å². The van der Waals surface area contributed by atoms with Crippen molar-refractivity contribution in [1.29, 1.82) is 0 Å². The Morgan fingerprint density at radius 1 is 0.931 bits per heavy atom. The fourth-order valence-electron chi connectivity index (χ4n) is 2.37. The first-order valence-electron chi connectivity index (χ1n) is 8.17. The first-order chi connectivity index (χ1) is 13.5. The predicted molar refractivity (Wildman–Crippen MR) is 92.6 cm³/mol. The van der Waals surface area contributed by atoms with Crippen molar-refractivity contribution in [2.75, 3.05) is 30.4 Å². The molecule has 0 saturated carbocycles. The van der Waals surface area contributed by atoms with Crippen LogP contribution in [0.15, 0.2) is 42.5 Å². The Bertz CT molecular complexity index is 852. The molecule has 11 heteroatoms. The molecule has 0 spiro atoms. The van der Waals surface area contributed by atoms with Crippen molar-refractivity contribution in [1.82, 2.24) is 0 Å². The number of nitrogens with one attached hydrogen (secondary N) is 2. The molecule has 2 rings (SSSR count). The van der Waals surface area contributed by atoms with E-state index in [0.29, 0.717) is 6.07 Å². The Morgan fingerprint density at radius 3 is 2.21 bits per heavy atom. The molecule has 0 aliphatic rings. The molecule has 0 bridgehead atoms. The van der Waals surface area contributed by atoms with Crippen LogP contribution in [0, 0.1) is 0 Å². The Labute approximate surface area is 161 Å². The molecule has 1 amide bonds. The number of hydrogen-bond donors (Lipinski definition) is 3. The Hall–Kier alpha value is -2.95. The van der Waals surface area contributed by atoms with Crippen molar-refractivity contribution in [2.24, 2.45) is 0 Å². The number of aliphatic hydroxyl groups excluding tert-OH is 1. The van der Waals surface area contributed by atoms with Gasteiger partial charge in [0.1, 0.15) is 12.4 Å². The van der Waals surface area contributed by atoms with Crippen LogP contribution in [0.25, 0.3) is 0 Å². The van der Waals surface area contributed by atoms with Gasteiger partial charge in [0.15, 0.2) is 0 Å². The quantitative estimate of drug-likeness (QED) is 0.587. The summed E-state index contributed by atoms with van der Waals surface area (Å²) in [5.74, 6) is -1.10. The molecule has 0 saturated heterocycles. The number of halogens is 6. The molecule has 0 atom stereocenters. The average Bonchev–Trinajstić information content (AvgIpc) is 2.64. The molecule has 0 heterocycles. The highest BCUT2D eigenvalue weighted by atomic mass is 19.4. The number of aliphatic hydroxyl groups is 1. The third-order valence-electron chi connectivity index (χ3n) is 3.60. The van der Waals surface area contributed by atoms with Crippen molar-refractivity contribution in [2.45, 2.75) is 12.4 Å². The standard InChI is InChI=1S/C18H16F6N2O3/c19-17(20,21)12-3-1-2-4-15(12)26-16(28)10-25-14-6-5-11(29-8-7-27)9-13(14)18(22,23)24/h1-6,9,25,27H,7-8,10H2,(H,26,28). The van der Waals surface area contributed by atoms with Gasteiger partial charge in [-0.1, -0.05) is 12.1 Å². The molecule has 0 aliphatic heterocycles. The van der Waals surface area contributed by atoms with Crippen LogP contribution >= 0.6 is 0 Å². The zero-order valence-electron chi connectivity index (χ0n) is 14.7. The second-order valence-electron chi connectivity index (χ2n) is 5.72. The van der Waals surface area contributed by atoms with E-state index in [1.807, 2.05) is 5.32 Å². The maximum absolute atomic E-state index is 13.2. The second-order valence-corrected chi connectivity index (χ2v) is 5.72. The molecule has 158 valence electrons. The van der Waals surface area contributed by atoms with Gasteiger partial charge in [0, 0.05) is 5.69 Å². The summed E-state index contributed by atoms with van der Waals surface area (Å²) in [6.45, 7) is -1.29. The van der Waals surface area contributed by atoms with Gasteiger partial charge in [-0.2, -0.15) is 26.3 Å². The first-order valence-corrected chi connectivity index (χ1v) is 8.17. The molecule has 2 aromatic rings. The summed E-state index contributed by atoms with van der Waals surface area (Å²) in [5, 5.41) is 13.0. The third-order valence-corrected chi connectivity index (χ3v) is 3.60. The molecule has 3 N–H and O–H groups in total. The maximum atomic E-state index is 13.2. The summed E-state index contributed by atoms with van der Waals surface area (Å²) in [6.07, 6.45) is -9.48. The summed E-state index contributed by atoms with van der Waals surface area (Å²) in [6, 6.07) is 7.15. The van der Waals surface area contributed by atoms with E-state index in [1.165, 1.54) is 12.1 Å². The normalized spacial score (nSPS) is 11.8. The molecule has 29 heavy (non-hydrogen) atoms. The largest absolute Gasteiger partial charge is 0.491 e. The number of carbonyl (C=O) groups is 1. The lowest BCUT2D eigenvalue weighted by Gasteiger charge is -2.17. The highest BCUT2D eigenvalue weighted by Gasteiger charge is 2.35. The number of hydrogen-bond acceptors (Lipinski definition) is 4. The van der Waals surface area contributed by atoms with Crippen molar-refractivity contribution < 1.29 is 41.0 Å². The number of alkyl halides is 6. The maximum Gasteiger partial charge on any atom is 0.418 e. The lowest BCUT2D eigenvalue weighted by Crippen LogP contribution is -2.24. The molecule has 0 aliphatic carbocycles.